The minimum absolute atomic E-state index is 0.446. The second kappa shape index (κ2) is 3.77. The third kappa shape index (κ3) is 2.38. The van der Waals surface area contributed by atoms with Gasteiger partial charge in [-0.3, -0.25) is 0 Å². The predicted molar refractivity (Wildman–Crippen MR) is 54.6 cm³/mol. The van der Waals surface area contributed by atoms with E-state index in [9.17, 15) is 0 Å². The third-order valence-electron chi connectivity index (χ3n) is 2.55. The molecular weight excluding hydrogens is 202 g/mol. The van der Waals surface area contributed by atoms with Crippen molar-refractivity contribution in [2.45, 2.75) is 26.2 Å². The van der Waals surface area contributed by atoms with Gasteiger partial charge in [-0.2, -0.15) is 0 Å². The van der Waals surface area contributed by atoms with Gasteiger partial charge in [0.2, 0.25) is 5.89 Å². The number of anilines is 1. The Hall–Kier alpha value is -0.770. The first-order valence-corrected chi connectivity index (χ1v) is 5.38. The first-order valence-electron chi connectivity index (χ1n) is 4.84. The quantitative estimate of drug-likeness (QED) is 0.764. The Bertz CT molecular complexity index is 309. The lowest BCUT2D eigenvalue weighted by Crippen LogP contribution is -2.11. The summed E-state index contributed by atoms with van der Waals surface area (Å²) in [7, 11) is 0. The van der Waals surface area contributed by atoms with Crippen LogP contribution in [0.5, 0.6) is 0 Å². The lowest BCUT2D eigenvalue weighted by molar-refractivity contribution is 0.502. The van der Waals surface area contributed by atoms with Crippen molar-refractivity contribution < 1.29 is 4.42 Å². The number of hydrogen-bond donors (Lipinski definition) is 1. The molecule has 1 aliphatic rings. The number of nitrogens with one attached hydrogen (secondary N) is 1. The van der Waals surface area contributed by atoms with E-state index in [1.54, 1.807) is 0 Å². The van der Waals surface area contributed by atoms with E-state index in [0.717, 1.165) is 6.54 Å². The van der Waals surface area contributed by atoms with Gasteiger partial charge in [-0.05, 0) is 18.3 Å². The van der Waals surface area contributed by atoms with E-state index in [2.05, 4.69) is 22.4 Å². The van der Waals surface area contributed by atoms with Crippen LogP contribution in [-0.2, 0) is 6.42 Å². The highest BCUT2D eigenvalue weighted by molar-refractivity contribution is 6.17. The topological polar surface area (TPSA) is 51.0 Å². The van der Waals surface area contributed by atoms with E-state index in [0.29, 0.717) is 29.6 Å². The number of aryl methyl sites for hydroxylation is 1. The molecule has 1 aliphatic carbocycles. The van der Waals surface area contributed by atoms with Crippen LogP contribution in [0.25, 0.3) is 0 Å². The SMILES string of the molecule is CC1(CNc2nnc(CCCl)o2)CC1. The van der Waals surface area contributed by atoms with Crippen molar-refractivity contribution >= 4 is 17.6 Å². The highest BCUT2D eigenvalue weighted by Gasteiger charge is 2.37. The van der Waals surface area contributed by atoms with E-state index >= 15 is 0 Å². The fourth-order valence-corrected chi connectivity index (χ4v) is 1.35. The Morgan fingerprint density at radius 1 is 1.50 bits per heavy atom. The van der Waals surface area contributed by atoms with E-state index in [1.807, 2.05) is 0 Å². The molecule has 14 heavy (non-hydrogen) atoms. The molecule has 1 N–H and O–H groups in total. The molecular formula is C9H14ClN3O. The highest BCUT2D eigenvalue weighted by Crippen LogP contribution is 2.44. The number of hydrogen-bond acceptors (Lipinski definition) is 4. The molecule has 0 amide bonds. The van der Waals surface area contributed by atoms with Gasteiger partial charge in [-0.1, -0.05) is 12.0 Å². The van der Waals surface area contributed by atoms with Crippen molar-refractivity contribution in [1.82, 2.24) is 10.2 Å². The molecule has 0 saturated heterocycles. The van der Waals surface area contributed by atoms with Crippen molar-refractivity contribution in [3.8, 4) is 0 Å². The van der Waals surface area contributed by atoms with Crippen LogP contribution in [-0.4, -0.2) is 22.6 Å². The zero-order valence-electron chi connectivity index (χ0n) is 8.22. The molecule has 1 heterocycles. The van der Waals surface area contributed by atoms with Crippen LogP contribution >= 0.6 is 11.6 Å². The van der Waals surface area contributed by atoms with Crippen LogP contribution in [0.15, 0.2) is 4.42 Å². The molecule has 1 fully saturated rings. The maximum Gasteiger partial charge on any atom is 0.315 e. The summed E-state index contributed by atoms with van der Waals surface area (Å²) in [6, 6.07) is 0.512. The second-order valence-electron chi connectivity index (χ2n) is 4.10. The summed E-state index contributed by atoms with van der Waals surface area (Å²) in [6.45, 7) is 3.16. The van der Waals surface area contributed by atoms with E-state index < -0.39 is 0 Å². The maximum absolute atomic E-state index is 5.56. The number of nitrogens with zero attached hydrogens (tertiary/aromatic N) is 2. The van der Waals surface area contributed by atoms with Gasteiger partial charge in [-0.15, -0.1) is 16.7 Å². The smallest absolute Gasteiger partial charge is 0.315 e. The van der Waals surface area contributed by atoms with Crippen LogP contribution < -0.4 is 5.32 Å². The molecule has 4 nitrogen and oxygen atoms in total. The third-order valence-corrected chi connectivity index (χ3v) is 2.73. The van der Waals surface area contributed by atoms with Crippen LogP contribution in [0, 0.1) is 5.41 Å². The molecule has 0 atom stereocenters. The monoisotopic (exact) mass is 215 g/mol. The minimum atomic E-state index is 0.446. The molecule has 1 aromatic rings. The van der Waals surface area contributed by atoms with Crippen molar-refractivity contribution in [2.24, 2.45) is 5.41 Å². The normalized spacial score (nSPS) is 18.1. The van der Waals surface area contributed by atoms with Gasteiger partial charge in [0, 0.05) is 18.8 Å². The Labute approximate surface area is 88.0 Å². The summed E-state index contributed by atoms with van der Waals surface area (Å²) >= 11 is 5.56. The van der Waals surface area contributed by atoms with Gasteiger partial charge in [0.15, 0.2) is 0 Å². The van der Waals surface area contributed by atoms with Crippen molar-refractivity contribution in [3.05, 3.63) is 5.89 Å². The molecule has 78 valence electrons. The Balaban J connectivity index is 1.83. The number of aromatic nitrogens is 2. The summed E-state index contributed by atoms with van der Waals surface area (Å²) in [5.74, 6) is 1.11. The standard InChI is InChI=1S/C9H14ClN3O/c1-9(3-4-9)6-11-8-13-12-7(14-8)2-5-10/h2-6H2,1H3,(H,11,13). The fraction of sp³-hybridized carbons (Fsp3) is 0.778. The first-order chi connectivity index (χ1) is 6.72. The average molecular weight is 216 g/mol. The molecule has 0 aromatic carbocycles. The average Bonchev–Trinajstić information content (AvgIpc) is 2.74. The van der Waals surface area contributed by atoms with Crippen molar-refractivity contribution in [3.63, 3.8) is 0 Å². The Morgan fingerprint density at radius 3 is 2.93 bits per heavy atom. The lowest BCUT2D eigenvalue weighted by Gasteiger charge is -2.06. The number of alkyl halides is 1. The Morgan fingerprint density at radius 2 is 2.29 bits per heavy atom. The van der Waals surface area contributed by atoms with Gasteiger partial charge in [0.25, 0.3) is 0 Å². The van der Waals surface area contributed by atoms with E-state index in [4.69, 9.17) is 16.0 Å². The van der Waals surface area contributed by atoms with Gasteiger partial charge >= 0.3 is 6.01 Å². The largest absolute Gasteiger partial charge is 0.408 e. The van der Waals surface area contributed by atoms with Crippen LogP contribution in [0.2, 0.25) is 0 Å². The van der Waals surface area contributed by atoms with Crippen LogP contribution in [0.3, 0.4) is 0 Å². The summed E-state index contributed by atoms with van der Waals surface area (Å²) in [5, 5.41) is 10.9. The molecule has 0 unspecified atom stereocenters. The summed E-state index contributed by atoms with van der Waals surface area (Å²) in [6.07, 6.45) is 3.19. The summed E-state index contributed by atoms with van der Waals surface area (Å²) in [5.41, 5.74) is 0.446. The highest BCUT2D eigenvalue weighted by atomic mass is 35.5. The molecule has 0 radical (unpaired) electrons. The van der Waals surface area contributed by atoms with E-state index in [1.165, 1.54) is 12.8 Å². The van der Waals surface area contributed by atoms with Gasteiger partial charge in [0.1, 0.15) is 0 Å². The van der Waals surface area contributed by atoms with Crippen molar-refractivity contribution in [1.29, 1.82) is 0 Å². The molecule has 1 aromatic heterocycles. The lowest BCUT2D eigenvalue weighted by atomic mass is 10.1. The molecule has 2 rings (SSSR count). The zero-order chi connectivity index (χ0) is 10.0. The van der Waals surface area contributed by atoms with E-state index in [-0.39, 0.29) is 0 Å². The van der Waals surface area contributed by atoms with Crippen LogP contribution in [0.4, 0.5) is 6.01 Å². The van der Waals surface area contributed by atoms with Crippen LogP contribution in [0.1, 0.15) is 25.7 Å². The van der Waals surface area contributed by atoms with Gasteiger partial charge in [0.05, 0.1) is 0 Å². The fourth-order valence-electron chi connectivity index (χ4n) is 1.19. The summed E-state index contributed by atoms with van der Waals surface area (Å²) in [4.78, 5) is 0. The molecule has 0 aliphatic heterocycles. The second-order valence-corrected chi connectivity index (χ2v) is 4.48. The molecule has 1 saturated carbocycles. The summed E-state index contributed by atoms with van der Waals surface area (Å²) < 4.78 is 5.33. The molecule has 5 heteroatoms. The first kappa shape index (κ1) is 9.77. The van der Waals surface area contributed by atoms with Crippen molar-refractivity contribution in [2.75, 3.05) is 17.7 Å². The minimum Gasteiger partial charge on any atom is -0.408 e. The molecule has 0 bridgehead atoms. The number of halogens is 1. The molecule has 0 spiro atoms. The maximum atomic E-state index is 5.56. The Kier molecular flexibility index (Phi) is 2.63. The predicted octanol–water partition coefficient (Wildman–Crippen LogP) is 2.06. The van der Waals surface area contributed by atoms with Gasteiger partial charge in [-0.25, -0.2) is 0 Å². The number of rotatable bonds is 5. The zero-order valence-corrected chi connectivity index (χ0v) is 8.97. The van der Waals surface area contributed by atoms with Gasteiger partial charge < -0.3 is 9.73 Å².